The standard InChI is InChI=1S/C17H14ClN5S/c18-12-6-4-11(5-7-12)16-13(8-9-15-21-22-17(19)24-15)23-10-2-1-3-14(23)20-16/h1-7,10H,8-9H2,(H2,19,22). The zero-order valence-corrected chi connectivity index (χ0v) is 14.3. The Hall–Kier alpha value is -2.44. The minimum absolute atomic E-state index is 0.501. The fraction of sp³-hybridized carbons (Fsp3) is 0.118. The van der Waals surface area contributed by atoms with E-state index in [1.807, 2.05) is 48.7 Å². The average Bonchev–Trinajstić information content (AvgIpc) is 3.17. The third-order valence-corrected chi connectivity index (χ3v) is 4.87. The van der Waals surface area contributed by atoms with Crippen LogP contribution in [-0.4, -0.2) is 19.6 Å². The highest BCUT2D eigenvalue weighted by Gasteiger charge is 2.14. The van der Waals surface area contributed by atoms with Crippen LogP contribution in [0, 0.1) is 0 Å². The molecule has 0 aliphatic rings. The number of nitrogens with two attached hydrogens (primary N) is 1. The van der Waals surface area contributed by atoms with E-state index in [1.165, 1.54) is 11.3 Å². The number of benzene rings is 1. The smallest absolute Gasteiger partial charge is 0.203 e. The normalized spacial score (nSPS) is 11.2. The minimum Gasteiger partial charge on any atom is -0.374 e. The van der Waals surface area contributed by atoms with E-state index in [2.05, 4.69) is 14.6 Å². The summed E-state index contributed by atoms with van der Waals surface area (Å²) in [6.07, 6.45) is 3.61. The van der Waals surface area contributed by atoms with Crippen LogP contribution in [-0.2, 0) is 12.8 Å². The lowest BCUT2D eigenvalue weighted by Gasteiger charge is -2.04. The van der Waals surface area contributed by atoms with Gasteiger partial charge in [0.1, 0.15) is 10.7 Å². The summed E-state index contributed by atoms with van der Waals surface area (Å²) in [5.74, 6) is 0. The third kappa shape index (κ3) is 2.86. The predicted molar refractivity (Wildman–Crippen MR) is 97.4 cm³/mol. The molecule has 0 bridgehead atoms. The van der Waals surface area contributed by atoms with Gasteiger partial charge < -0.3 is 10.1 Å². The Kier molecular flexibility index (Phi) is 3.92. The molecule has 2 N–H and O–H groups in total. The van der Waals surface area contributed by atoms with Crippen molar-refractivity contribution >= 4 is 33.7 Å². The summed E-state index contributed by atoms with van der Waals surface area (Å²) in [7, 11) is 0. The van der Waals surface area contributed by atoms with Crippen LogP contribution in [0.5, 0.6) is 0 Å². The fourth-order valence-corrected chi connectivity index (χ4v) is 3.45. The molecular formula is C17H14ClN5S. The number of fused-ring (bicyclic) bond motifs is 1. The predicted octanol–water partition coefficient (Wildman–Crippen LogP) is 3.87. The zero-order valence-electron chi connectivity index (χ0n) is 12.7. The van der Waals surface area contributed by atoms with Crippen LogP contribution in [0.4, 0.5) is 5.13 Å². The zero-order chi connectivity index (χ0) is 16.5. The summed E-state index contributed by atoms with van der Waals surface area (Å²) in [6, 6.07) is 13.8. The second-order valence-corrected chi connectivity index (χ2v) is 6.91. The first-order valence-electron chi connectivity index (χ1n) is 7.50. The molecule has 0 saturated heterocycles. The Bertz CT molecular complexity index is 990. The van der Waals surface area contributed by atoms with Crippen molar-refractivity contribution in [2.75, 3.05) is 5.73 Å². The minimum atomic E-state index is 0.501. The second-order valence-electron chi connectivity index (χ2n) is 5.38. The van der Waals surface area contributed by atoms with E-state index >= 15 is 0 Å². The molecule has 0 atom stereocenters. The maximum Gasteiger partial charge on any atom is 0.203 e. The van der Waals surface area contributed by atoms with Gasteiger partial charge in [-0.05, 0) is 30.7 Å². The van der Waals surface area contributed by atoms with E-state index in [1.54, 1.807) is 0 Å². The Morgan fingerprint density at radius 3 is 2.62 bits per heavy atom. The molecule has 3 heterocycles. The molecule has 120 valence electrons. The Morgan fingerprint density at radius 2 is 1.88 bits per heavy atom. The largest absolute Gasteiger partial charge is 0.374 e. The van der Waals surface area contributed by atoms with Crippen LogP contribution in [0.3, 0.4) is 0 Å². The van der Waals surface area contributed by atoms with Gasteiger partial charge >= 0.3 is 0 Å². The summed E-state index contributed by atoms with van der Waals surface area (Å²) >= 11 is 7.44. The molecule has 5 nitrogen and oxygen atoms in total. The van der Waals surface area contributed by atoms with Gasteiger partial charge in [-0.3, -0.25) is 0 Å². The van der Waals surface area contributed by atoms with Crippen molar-refractivity contribution < 1.29 is 0 Å². The molecule has 0 aliphatic heterocycles. The molecule has 0 saturated carbocycles. The van der Waals surface area contributed by atoms with Crippen molar-refractivity contribution in [1.82, 2.24) is 19.6 Å². The summed E-state index contributed by atoms with van der Waals surface area (Å²) in [5.41, 5.74) is 9.75. The number of aryl methyl sites for hydroxylation is 2. The molecule has 3 aromatic heterocycles. The highest BCUT2D eigenvalue weighted by molar-refractivity contribution is 7.15. The van der Waals surface area contributed by atoms with E-state index < -0.39 is 0 Å². The van der Waals surface area contributed by atoms with Gasteiger partial charge in [0.2, 0.25) is 5.13 Å². The lowest BCUT2D eigenvalue weighted by Crippen LogP contribution is -1.98. The molecule has 0 radical (unpaired) electrons. The first kappa shape index (κ1) is 15.1. The van der Waals surface area contributed by atoms with Gasteiger partial charge in [0, 0.05) is 23.2 Å². The first-order valence-corrected chi connectivity index (χ1v) is 8.70. The number of aromatic nitrogens is 4. The summed E-state index contributed by atoms with van der Waals surface area (Å²) < 4.78 is 2.12. The number of imidazole rings is 1. The number of halogens is 1. The molecule has 4 rings (SSSR count). The molecule has 0 amide bonds. The van der Waals surface area contributed by atoms with Gasteiger partial charge in [-0.25, -0.2) is 4.98 Å². The topological polar surface area (TPSA) is 69.1 Å². The third-order valence-electron chi connectivity index (χ3n) is 3.80. The van der Waals surface area contributed by atoms with Gasteiger partial charge in [0.25, 0.3) is 0 Å². The van der Waals surface area contributed by atoms with Gasteiger partial charge in [0.05, 0.1) is 11.4 Å². The van der Waals surface area contributed by atoms with Gasteiger partial charge in [0.15, 0.2) is 0 Å². The maximum absolute atomic E-state index is 6.01. The van der Waals surface area contributed by atoms with E-state index in [4.69, 9.17) is 22.3 Å². The molecule has 0 fully saturated rings. The van der Waals surface area contributed by atoms with E-state index in [0.717, 1.165) is 40.4 Å². The van der Waals surface area contributed by atoms with Crippen LogP contribution in [0.1, 0.15) is 10.7 Å². The molecule has 1 aromatic carbocycles. The van der Waals surface area contributed by atoms with Gasteiger partial charge in [-0.15, -0.1) is 10.2 Å². The Balaban J connectivity index is 1.76. The number of anilines is 1. The van der Waals surface area contributed by atoms with E-state index in [-0.39, 0.29) is 0 Å². The number of rotatable bonds is 4. The summed E-state index contributed by atoms with van der Waals surface area (Å²) in [6.45, 7) is 0. The molecule has 0 unspecified atom stereocenters. The summed E-state index contributed by atoms with van der Waals surface area (Å²) in [5, 5.41) is 10.1. The quantitative estimate of drug-likeness (QED) is 0.603. The lowest BCUT2D eigenvalue weighted by molar-refractivity contribution is 0.867. The molecule has 0 spiro atoms. The first-order chi connectivity index (χ1) is 11.7. The van der Waals surface area contributed by atoms with Crippen molar-refractivity contribution in [3.63, 3.8) is 0 Å². The van der Waals surface area contributed by atoms with Crippen molar-refractivity contribution in [2.45, 2.75) is 12.8 Å². The van der Waals surface area contributed by atoms with Crippen molar-refractivity contribution in [3.05, 3.63) is 64.4 Å². The Morgan fingerprint density at radius 1 is 1.04 bits per heavy atom. The number of nitrogens with zero attached hydrogens (tertiary/aromatic N) is 4. The lowest BCUT2D eigenvalue weighted by atomic mass is 10.1. The van der Waals surface area contributed by atoms with Crippen molar-refractivity contribution in [3.8, 4) is 11.3 Å². The maximum atomic E-state index is 6.01. The highest BCUT2D eigenvalue weighted by atomic mass is 35.5. The van der Waals surface area contributed by atoms with Crippen molar-refractivity contribution in [1.29, 1.82) is 0 Å². The van der Waals surface area contributed by atoms with Crippen LogP contribution in [0.15, 0.2) is 48.7 Å². The van der Waals surface area contributed by atoms with Crippen LogP contribution in [0.2, 0.25) is 5.02 Å². The van der Waals surface area contributed by atoms with Gasteiger partial charge in [-0.2, -0.15) is 0 Å². The summed E-state index contributed by atoms with van der Waals surface area (Å²) in [4.78, 5) is 4.79. The monoisotopic (exact) mass is 355 g/mol. The van der Waals surface area contributed by atoms with E-state index in [0.29, 0.717) is 10.2 Å². The van der Waals surface area contributed by atoms with Crippen LogP contribution in [0.25, 0.3) is 16.9 Å². The number of hydrogen-bond donors (Lipinski definition) is 1. The Labute approximate surface area is 147 Å². The SMILES string of the molecule is Nc1nnc(CCc2c(-c3ccc(Cl)cc3)nc3ccccn23)s1. The molecule has 24 heavy (non-hydrogen) atoms. The molecular weight excluding hydrogens is 342 g/mol. The number of nitrogen functional groups attached to an aromatic ring is 1. The van der Waals surface area contributed by atoms with Gasteiger partial charge in [-0.1, -0.05) is 41.1 Å². The van der Waals surface area contributed by atoms with E-state index in [9.17, 15) is 0 Å². The van der Waals surface area contributed by atoms with Crippen LogP contribution >= 0.6 is 22.9 Å². The molecule has 0 aliphatic carbocycles. The fourth-order valence-electron chi connectivity index (χ4n) is 2.72. The number of pyridine rings is 1. The highest BCUT2D eigenvalue weighted by Crippen LogP contribution is 2.27. The van der Waals surface area contributed by atoms with Crippen molar-refractivity contribution in [2.24, 2.45) is 0 Å². The average molecular weight is 356 g/mol. The molecule has 4 aromatic rings. The number of hydrogen-bond acceptors (Lipinski definition) is 5. The van der Waals surface area contributed by atoms with Crippen LogP contribution < -0.4 is 5.73 Å². The molecule has 7 heteroatoms. The second kappa shape index (κ2) is 6.22.